The molecule has 84 valence electrons. The zero-order valence-electron chi connectivity index (χ0n) is 9.27. The highest BCUT2D eigenvalue weighted by Gasteiger charge is 2.02. The molecular formula is C14H10ClNO. The molecule has 0 spiro atoms. The average Bonchev–Trinajstić information content (AvgIpc) is 2.38. The molecule has 2 aromatic carbocycles. The molecule has 0 aromatic heterocycles. The predicted molar refractivity (Wildman–Crippen MR) is 68.2 cm³/mol. The topological polar surface area (TPSA) is 33.0 Å². The number of benzene rings is 2. The summed E-state index contributed by atoms with van der Waals surface area (Å²) in [6, 6.07) is 15.0. The van der Waals surface area contributed by atoms with Crippen molar-refractivity contribution in [3.05, 3.63) is 53.1 Å². The summed E-state index contributed by atoms with van der Waals surface area (Å²) >= 11 is 5.96. The van der Waals surface area contributed by atoms with Crippen molar-refractivity contribution in [3.63, 3.8) is 0 Å². The third-order valence-electron chi connectivity index (χ3n) is 2.45. The Labute approximate surface area is 105 Å². The molecule has 0 unspecified atom stereocenters. The summed E-state index contributed by atoms with van der Waals surface area (Å²) in [6.45, 7) is 0. The maximum Gasteiger partial charge on any atom is 0.118 e. The Hall–Kier alpha value is -1.98. The third kappa shape index (κ3) is 2.58. The quantitative estimate of drug-likeness (QED) is 0.802. The van der Waals surface area contributed by atoms with Gasteiger partial charge in [-0.2, -0.15) is 5.26 Å². The van der Waals surface area contributed by atoms with Gasteiger partial charge in [0.25, 0.3) is 0 Å². The van der Waals surface area contributed by atoms with Gasteiger partial charge in [-0.3, -0.25) is 0 Å². The van der Waals surface area contributed by atoms with Crippen LogP contribution in [0, 0.1) is 11.3 Å². The second-order valence-corrected chi connectivity index (χ2v) is 4.01. The first-order valence-electron chi connectivity index (χ1n) is 5.08. The van der Waals surface area contributed by atoms with Gasteiger partial charge in [-0.1, -0.05) is 23.7 Å². The largest absolute Gasteiger partial charge is 0.497 e. The van der Waals surface area contributed by atoms with Gasteiger partial charge in [0.15, 0.2) is 0 Å². The summed E-state index contributed by atoms with van der Waals surface area (Å²) in [5.74, 6) is 0.802. The lowest BCUT2D eigenvalue weighted by molar-refractivity contribution is 0.415. The zero-order valence-corrected chi connectivity index (χ0v) is 10.0. The van der Waals surface area contributed by atoms with Gasteiger partial charge in [-0.25, -0.2) is 0 Å². The van der Waals surface area contributed by atoms with Gasteiger partial charge in [0, 0.05) is 5.02 Å². The molecule has 0 amide bonds. The van der Waals surface area contributed by atoms with Crippen LogP contribution in [0.1, 0.15) is 5.56 Å². The molecule has 0 saturated heterocycles. The molecule has 0 fully saturated rings. The van der Waals surface area contributed by atoms with E-state index in [1.54, 1.807) is 13.2 Å². The Bertz CT molecular complexity index is 570. The monoisotopic (exact) mass is 243 g/mol. The highest BCUT2D eigenvalue weighted by molar-refractivity contribution is 6.31. The van der Waals surface area contributed by atoms with Crippen molar-refractivity contribution in [1.29, 1.82) is 5.26 Å². The Balaban J connectivity index is 2.45. The van der Waals surface area contributed by atoms with Crippen LogP contribution in [0.4, 0.5) is 0 Å². The van der Waals surface area contributed by atoms with Gasteiger partial charge in [0.05, 0.1) is 18.7 Å². The summed E-state index contributed by atoms with van der Waals surface area (Å²) in [4.78, 5) is 0. The van der Waals surface area contributed by atoms with E-state index in [4.69, 9.17) is 21.6 Å². The van der Waals surface area contributed by atoms with Crippen molar-refractivity contribution in [1.82, 2.24) is 0 Å². The summed E-state index contributed by atoms with van der Waals surface area (Å²) in [5, 5.41) is 9.45. The van der Waals surface area contributed by atoms with Crippen LogP contribution in [0.2, 0.25) is 5.02 Å². The van der Waals surface area contributed by atoms with Crippen LogP contribution in [0.25, 0.3) is 11.1 Å². The average molecular weight is 244 g/mol. The Morgan fingerprint density at radius 2 is 1.76 bits per heavy atom. The molecule has 0 N–H and O–H groups in total. The van der Waals surface area contributed by atoms with Crippen LogP contribution in [-0.2, 0) is 0 Å². The molecule has 0 radical (unpaired) electrons. The van der Waals surface area contributed by atoms with Crippen LogP contribution in [-0.4, -0.2) is 7.11 Å². The van der Waals surface area contributed by atoms with Crippen LogP contribution in [0.3, 0.4) is 0 Å². The van der Waals surface area contributed by atoms with Crippen LogP contribution >= 0.6 is 11.6 Å². The number of nitrogens with zero attached hydrogens (tertiary/aromatic N) is 1. The maximum atomic E-state index is 8.89. The lowest BCUT2D eigenvalue weighted by Gasteiger charge is -2.05. The summed E-state index contributed by atoms with van der Waals surface area (Å²) in [6.07, 6.45) is 0. The predicted octanol–water partition coefficient (Wildman–Crippen LogP) is 3.89. The number of halogens is 1. The summed E-state index contributed by atoms with van der Waals surface area (Å²) in [5.41, 5.74) is 2.49. The number of hydrogen-bond acceptors (Lipinski definition) is 2. The Morgan fingerprint density at radius 1 is 1.06 bits per heavy atom. The van der Waals surface area contributed by atoms with E-state index in [-0.39, 0.29) is 0 Å². The molecule has 2 nitrogen and oxygen atoms in total. The highest BCUT2D eigenvalue weighted by atomic mass is 35.5. The minimum Gasteiger partial charge on any atom is -0.497 e. The van der Waals surface area contributed by atoms with E-state index in [2.05, 4.69) is 6.07 Å². The van der Waals surface area contributed by atoms with E-state index in [0.717, 1.165) is 16.9 Å². The highest BCUT2D eigenvalue weighted by Crippen LogP contribution is 2.26. The molecule has 0 aliphatic rings. The summed E-state index contributed by atoms with van der Waals surface area (Å²) in [7, 11) is 1.63. The third-order valence-corrected chi connectivity index (χ3v) is 2.67. The molecule has 3 heteroatoms. The van der Waals surface area contributed by atoms with Gasteiger partial charge >= 0.3 is 0 Å². The first-order valence-corrected chi connectivity index (χ1v) is 5.46. The fourth-order valence-electron chi connectivity index (χ4n) is 1.60. The number of ether oxygens (including phenoxy) is 1. The lowest BCUT2D eigenvalue weighted by atomic mass is 10.0. The number of nitriles is 1. The fourth-order valence-corrected chi connectivity index (χ4v) is 1.84. The first-order chi connectivity index (χ1) is 8.22. The van der Waals surface area contributed by atoms with Gasteiger partial charge in [-0.15, -0.1) is 0 Å². The molecule has 0 heterocycles. The van der Waals surface area contributed by atoms with Gasteiger partial charge in [-0.05, 0) is 41.5 Å². The SMILES string of the molecule is COc1ccc(-c2cc(Cl)cc(C#N)c2)cc1. The smallest absolute Gasteiger partial charge is 0.118 e. The van der Waals surface area contributed by atoms with E-state index in [9.17, 15) is 0 Å². The van der Waals surface area contributed by atoms with E-state index in [0.29, 0.717) is 10.6 Å². The molecule has 0 aliphatic heterocycles. The molecule has 2 rings (SSSR count). The molecule has 0 atom stereocenters. The molecule has 0 bridgehead atoms. The first kappa shape index (κ1) is 11.5. The minimum absolute atomic E-state index is 0.559. The van der Waals surface area contributed by atoms with Crippen molar-refractivity contribution in [3.8, 4) is 22.9 Å². The number of hydrogen-bond donors (Lipinski definition) is 0. The summed E-state index contributed by atoms with van der Waals surface area (Å²) < 4.78 is 5.10. The van der Waals surface area contributed by atoms with Crippen molar-refractivity contribution < 1.29 is 4.74 Å². The zero-order chi connectivity index (χ0) is 12.3. The lowest BCUT2D eigenvalue weighted by Crippen LogP contribution is -1.84. The van der Waals surface area contributed by atoms with E-state index >= 15 is 0 Å². The van der Waals surface area contributed by atoms with Gasteiger partial charge in [0.2, 0.25) is 0 Å². The second kappa shape index (κ2) is 4.90. The van der Waals surface area contributed by atoms with Crippen molar-refractivity contribution in [2.24, 2.45) is 0 Å². The fraction of sp³-hybridized carbons (Fsp3) is 0.0714. The van der Waals surface area contributed by atoms with Gasteiger partial charge < -0.3 is 4.74 Å². The van der Waals surface area contributed by atoms with E-state index in [1.165, 1.54) is 0 Å². The Kier molecular flexibility index (Phi) is 3.32. The van der Waals surface area contributed by atoms with Crippen LogP contribution < -0.4 is 4.74 Å². The van der Waals surface area contributed by atoms with Gasteiger partial charge in [0.1, 0.15) is 5.75 Å². The number of rotatable bonds is 2. The molecule has 2 aromatic rings. The Morgan fingerprint density at radius 3 is 2.35 bits per heavy atom. The minimum atomic E-state index is 0.559. The molecule has 17 heavy (non-hydrogen) atoms. The van der Waals surface area contributed by atoms with Crippen LogP contribution in [0.5, 0.6) is 5.75 Å². The second-order valence-electron chi connectivity index (χ2n) is 3.57. The molecule has 0 saturated carbocycles. The molecule has 0 aliphatic carbocycles. The normalized spacial score (nSPS) is 9.71. The molecular weight excluding hydrogens is 234 g/mol. The van der Waals surface area contributed by atoms with E-state index < -0.39 is 0 Å². The van der Waals surface area contributed by atoms with Crippen molar-refractivity contribution in [2.75, 3.05) is 7.11 Å². The number of methoxy groups -OCH3 is 1. The van der Waals surface area contributed by atoms with Crippen molar-refractivity contribution >= 4 is 11.6 Å². The standard InChI is InChI=1S/C14H10ClNO/c1-17-14-4-2-11(3-5-14)12-6-10(9-16)7-13(15)8-12/h2-8H,1H3. The van der Waals surface area contributed by atoms with E-state index in [1.807, 2.05) is 36.4 Å². The van der Waals surface area contributed by atoms with Crippen LogP contribution in [0.15, 0.2) is 42.5 Å². The maximum absolute atomic E-state index is 8.89. The van der Waals surface area contributed by atoms with Crippen molar-refractivity contribution in [2.45, 2.75) is 0 Å².